The van der Waals surface area contributed by atoms with Gasteiger partial charge in [-0.3, -0.25) is 0 Å². The predicted molar refractivity (Wildman–Crippen MR) is 84.7 cm³/mol. The Bertz CT molecular complexity index is 435. The number of anilines is 2. The Kier molecular flexibility index (Phi) is 5.48. The summed E-state index contributed by atoms with van der Waals surface area (Å²) in [4.78, 5) is 8.95. The van der Waals surface area contributed by atoms with Crippen molar-refractivity contribution < 1.29 is 4.74 Å². The normalized spacial score (nSPS) is 21.9. The van der Waals surface area contributed by atoms with Crippen LogP contribution in [0.5, 0.6) is 0 Å². The first-order chi connectivity index (χ1) is 9.65. The summed E-state index contributed by atoms with van der Waals surface area (Å²) in [7, 11) is 0. The molecule has 0 radical (unpaired) electrons. The third kappa shape index (κ3) is 4.24. The molecule has 1 fully saturated rings. The maximum Gasteiger partial charge on any atom is 0.191 e. The van der Waals surface area contributed by atoms with Gasteiger partial charge < -0.3 is 15.4 Å². The van der Waals surface area contributed by atoms with E-state index < -0.39 is 0 Å². The molecule has 0 spiro atoms. The number of ether oxygens (including phenoxy) is 1. The van der Waals surface area contributed by atoms with Crippen molar-refractivity contribution in [2.24, 2.45) is 0 Å². The molecule has 1 saturated heterocycles. The number of hydrogen-bond donors (Lipinski definition) is 2. The number of nitrogens with zero attached hydrogens (tertiary/aromatic N) is 2. The van der Waals surface area contributed by atoms with Gasteiger partial charge >= 0.3 is 0 Å². The van der Waals surface area contributed by atoms with E-state index in [1.165, 1.54) is 0 Å². The van der Waals surface area contributed by atoms with E-state index in [1.54, 1.807) is 11.8 Å². The zero-order valence-corrected chi connectivity index (χ0v) is 13.3. The van der Waals surface area contributed by atoms with Crippen LogP contribution in [0.4, 0.5) is 11.6 Å². The molecule has 0 aliphatic carbocycles. The third-order valence-corrected chi connectivity index (χ3v) is 3.94. The highest BCUT2D eigenvalue weighted by Crippen LogP contribution is 2.26. The van der Waals surface area contributed by atoms with E-state index in [4.69, 9.17) is 4.74 Å². The number of hydrogen-bond acceptors (Lipinski definition) is 6. The van der Waals surface area contributed by atoms with Crippen LogP contribution in [0.1, 0.15) is 33.1 Å². The molecule has 0 aromatic carbocycles. The Morgan fingerprint density at radius 2 is 2.10 bits per heavy atom. The molecule has 112 valence electrons. The highest BCUT2D eigenvalue weighted by Gasteiger charge is 2.29. The van der Waals surface area contributed by atoms with Gasteiger partial charge in [0, 0.05) is 25.8 Å². The molecule has 0 bridgehead atoms. The first kappa shape index (κ1) is 15.4. The van der Waals surface area contributed by atoms with Crippen molar-refractivity contribution in [2.75, 3.05) is 36.6 Å². The summed E-state index contributed by atoms with van der Waals surface area (Å²) in [5, 5.41) is 7.48. The van der Waals surface area contributed by atoms with Crippen LogP contribution in [-0.4, -0.2) is 41.5 Å². The summed E-state index contributed by atoms with van der Waals surface area (Å²) < 4.78 is 5.79. The quantitative estimate of drug-likeness (QED) is 0.596. The Hall–Kier alpha value is -1.01. The highest BCUT2D eigenvalue weighted by atomic mass is 32.2. The number of nitrogens with one attached hydrogen (secondary N) is 2. The molecule has 2 N–H and O–H groups in total. The van der Waals surface area contributed by atoms with Crippen molar-refractivity contribution in [3.05, 3.63) is 6.07 Å². The summed E-state index contributed by atoms with van der Waals surface area (Å²) >= 11 is 1.55. The van der Waals surface area contributed by atoms with Crippen LogP contribution in [0.15, 0.2) is 11.2 Å². The van der Waals surface area contributed by atoms with Crippen molar-refractivity contribution >= 4 is 23.4 Å². The van der Waals surface area contributed by atoms with Crippen LogP contribution >= 0.6 is 11.8 Å². The monoisotopic (exact) mass is 296 g/mol. The van der Waals surface area contributed by atoms with E-state index in [0.717, 1.165) is 55.8 Å². The van der Waals surface area contributed by atoms with Gasteiger partial charge in [0.15, 0.2) is 5.16 Å². The largest absolute Gasteiger partial charge is 0.373 e. The molecule has 2 heterocycles. The van der Waals surface area contributed by atoms with Crippen LogP contribution < -0.4 is 10.6 Å². The van der Waals surface area contributed by atoms with Crippen molar-refractivity contribution in [3.8, 4) is 0 Å². The number of aromatic nitrogens is 2. The second-order valence-corrected chi connectivity index (χ2v) is 6.08. The molecule has 20 heavy (non-hydrogen) atoms. The zero-order chi connectivity index (χ0) is 14.4. The summed E-state index contributed by atoms with van der Waals surface area (Å²) in [6.45, 7) is 6.86. The minimum Gasteiger partial charge on any atom is -0.373 e. The molecule has 1 aromatic heterocycles. The van der Waals surface area contributed by atoms with Gasteiger partial charge in [0.05, 0.1) is 5.60 Å². The van der Waals surface area contributed by atoms with Crippen LogP contribution in [-0.2, 0) is 4.74 Å². The molecular weight excluding hydrogens is 272 g/mol. The zero-order valence-electron chi connectivity index (χ0n) is 12.5. The fourth-order valence-corrected chi connectivity index (χ4v) is 2.58. The lowest BCUT2D eigenvalue weighted by atomic mass is 10.0. The summed E-state index contributed by atoms with van der Waals surface area (Å²) in [6, 6.07) is 1.97. The van der Waals surface area contributed by atoms with Gasteiger partial charge in [0.2, 0.25) is 0 Å². The Labute approximate surface area is 125 Å². The van der Waals surface area contributed by atoms with Gasteiger partial charge in [-0.15, -0.1) is 0 Å². The summed E-state index contributed by atoms with van der Waals surface area (Å²) in [6.07, 6.45) is 5.31. The molecule has 1 atom stereocenters. The van der Waals surface area contributed by atoms with Crippen LogP contribution in [0.3, 0.4) is 0 Å². The lowest BCUT2D eigenvalue weighted by Gasteiger charge is -2.23. The van der Waals surface area contributed by atoms with Gasteiger partial charge in [-0.1, -0.05) is 18.7 Å². The Morgan fingerprint density at radius 1 is 1.35 bits per heavy atom. The SMILES string of the molecule is CCCNc1cc(NCC2(C)CCCO2)nc(SC)n1. The van der Waals surface area contributed by atoms with E-state index in [-0.39, 0.29) is 5.60 Å². The maximum absolute atomic E-state index is 5.79. The molecule has 0 saturated carbocycles. The molecular formula is C14H24N4OS. The summed E-state index contributed by atoms with van der Waals surface area (Å²) in [5.41, 5.74) is -0.0680. The van der Waals surface area contributed by atoms with Crippen molar-refractivity contribution in [1.82, 2.24) is 9.97 Å². The Morgan fingerprint density at radius 3 is 2.70 bits per heavy atom. The average Bonchev–Trinajstić information content (AvgIpc) is 2.90. The van der Waals surface area contributed by atoms with E-state index >= 15 is 0 Å². The van der Waals surface area contributed by atoms with Crippen LogP contribution in [0.2, 0.25) is 0 Å². The van der Waals surface area contributed by atoms with Crippen LogP contribution in [0.25, 0.3) is 0 Å². The van der Waals surface area contributed by atoms with E-state index in [0.29, 0.717) is 0 Å². The van der Waals surface area contributed by atoms with Crippen molar-refractivity contribution in [3.63, 3.8) is 0 Å². The second-order valence-electron chi connectivity index (χ2n) is 5.31. The average molecular weight is 296 g/mol. The van der Waals surface area contributed by atoms with Crippen molar-refractivity contribution in [2.45, 2.75) is 43.9 Å². The molecule has 0 amide bonds. The van der Waals surface area contributed by atoms with E-state index in [2.05, 4.69) is 34.4 Å². The van der Waals surface area contributed by atoms with Crippen molar-refractivity contribution in [1.29, 1.82) is 0 Å². The molecule has 5 nitrogen and oxygen atoms in total. The third-order valence-electron chi connectivity index (χ3n) is 3.39. The topological polar surface area (TPSA) is 59.1 Å². The fourth-order valence-electron chi connectivity index (χ4n) is 2.20. The maximum atomic E-state index is 5.79. The lowest BCUT2D eigenvalue weighted by molar-refractivity contribution is 0.0314. The predicted octanol–water partition coefficient (Wildman–Crippen LogP) is 3.00. The standard InChI is InChI=1S/C14H24N4OS/c1-4-7-15-11-9-12(18-13(17-11)20-3)16-10-14(2)6-5-8-19-14/h9H,4-8,10H2,1-3H3,(H2,15,16,17,18). The molecule has 1 aromatic rings. The number of rotatable bonds is 7. The van der Waals surface area contributed by atoms with Gasteiger partial charge in [-0.25, -0.2) is 9.97 Å². The molecule has 1 aliphatic rings. The first-order valence-corrected chi connectivity index (χ1v) is 8.42. The smallest absolute Gasteiger partial charge is 0.191 e. The molecule has 1 aliphatic heterocycles. The first-order valence-electron chi connectivity index (χ1n) is 7.20. The van der Waals surface area contributed by atoms with E-state index in [9.17, 15) is 0 Å². The minimum absolute atomic E-state index is 0.0680. The van der Waals surface area contributed by atoms with E-state index in [1.807, 2.05) is 12.3 Å². The van der Waals surface area contributed by atoms with Crippen LogP contribution in [0, 0.1) is 0 Å². The van der Waals surface area contributed by atoms with Gasteiger partial charge in [-0.2, -0.15) is 0 Å². The fraction of sp³-hybridized carbons (Fsp3) is 0.714. The molecule has 6 heteroatoms. The highest BCUT2D eigenvalue weighted by molar-refractivity contribution is 7.98. The second kappa shape index (κ2) is 7.13. The Balaban J connectivity index is 2.01. The molecule has 1 unspecified atom stereocenters. The lowest BCUT2D eigenvalue weighted by Crippen LogP contribution is -2.32. The van der Waals surface area contributed by atoms with Gasteiger partial charge in [-0.05, 0) is 32.4 Å². The summed E-state index contributed by atoms with van der Waals surface area (Å²) in [5.74, 6) is 1.74. The number of thioether (sulfide) groups is 1. The van der Waals surface area contributed by atoms with Gasteiger partial charge in [0.25, 0.3) is 0 Å². The molecule has 2 rings (SSSR count). The minimum atomic E-state index is -0.0680. The van der Waals surface area contributed by atoms with Gasteiger partial charge in [0.1, 0.15) is 11.6 Å².